The van der Waals surface area contributed by atoms with Crippen LogP contribution in [-0.4, -0.2) is 51.2 Å². The van der Waals surface area contributed by atoms with Crippen LogP contribution in [0.15, 0.2) is 60.7 Å². The maximum absolute atomic E-state index is 13.6. The Morgan fingerprint density at radius 3 is 2.43 bits per heavy atom. The number of nitrogens with zero attached hydrogens (tertiary/aromatic N) is 4. The van der Waals surface area contributed by atoms with Crippen LogP contribution >= 0.6 is 0 Å². The number of nitrogens with two attached hydrogens (primary N) is 1. The molecule has 0 radical (unpaired) electrons. The summed E-state index contributed by atoms with van der Waals surface area (Å²) in [7, 11) is 3.60. The Hall–Kier alpha value is -4.57. The third kappa shape index (κ3) is 4.92. The number of imidazole rings is 1. The molecule has 3 fully saturated rings. The average Bonchev–Trinajstić information content (AvgIpc) is 3.73. The van der Waals surface area contributed by atoms with Crippen LogP contribution in [0, 0.1) is 11.3 Å². The number of rotatable bonds is 8. The van der Waals surface area contributed by atoms with Gasteiger partial charge in [-0.2, -0.15) is 13.2 Å². The zero-order valence-corrected chi connectivity index (χ0v) is 26.3. The van der Waals surface area contributed by atoms with Crippen molar-refractivity contribution in [3.05, 3.63) is 82.9 Å². The molecule has 0 spiro atoms. The number of methoxy groups -OCH3 is 1. The highest BCUT2D eigenvalue weighted by atomic mass is 19.4. The Balaban J connectivity index is 1.15. The molecule has 2 aromatic heterocycles. The van der Waals surface area contributed by atoms with E-state index in [2.05, 4.69) is 22.8 Å². The van der Waals surface area contributed by atoms with Crippen molar-refractivity contribution in [1.29, 1.82) is 0 Å². The number of amides is 1. The van der Waals surface area contributed by atoms with Crippen LogP contribution in [-0.2, 0) is 19.8 Å². The summed E-state index contributed by atoms with van der Waals surface area (Å²) in [6.45, 7) is 2.19. The Kier molecular flexibility index (Phi) is 6.81. The molecule has 47 heavy (non-hydrogen) atoms. The summed E-state index contributed by atoms with van der Waals surface area (Å²) in [5, 5.41) is 1.05. The van der Waals surface area contributed by atoms with E-state index in [1.54, 1.807) is 7.11 Å². The lowest BCUT2D eigenvalue weighted by Crippen LogP contribution is -2.74. The number of halogens is 3. The largest absolute Gasteiger partial charge is 0.494 e. The number of carbonyl (C=O) groups is 1. The first-order chi connectivity index (χ1) is 22.6. The van der Waals surface area contributed by atoms with Gasteiger partial charge >= 0.3 is 6.18 Å². The second-order valence-electron chi connectivity index (χ2n) is 13.4. The van der Waals surface area contributed by atoms with E-state index in [1.165, 1.54) is 25.0 Å². The van der Waals surface area contributed by atoms with Gasteiger partial charge in [0, 0.05) is 54.6 Å². The van der Waals surface area contributed by atoms with E-state index in [1.807, 2.05) is 46.9 Å². The zero-order valence-electron chi connectivity index (χ0n) is 26.3. The van der Waals surface area contributed by atoms with Gasteiger partial charge in [-0.1, -0.05) is 30.4 Å². The van der Waals surface area contributed by atoms with Crippen LogP contribution in [0.5, 0.6) is 5.75 Å². The summed E-state index contributed by atoms with van der Waals surface area (Å²) in [5.41, 5.74) is 11.3. The number of aromatic nitrogens is 3. The van der Waals surface area contributed by atoms with Crippen molar-refractivity contribution < 1.29 is 22.7 Å². The van der Waals surface area contributed by atoms with Crippen molar-refractivity contribution in [2.45, 2.75) is 44.4 Å². The standard InChI is InChI=1S/C37H36F3N5O2/c1-43-33-28(16-26(18-31(33)47-2)35(46)45-21-36(20-41)14-13-32(36)45)42-34(43)30-17-25-15-23(9-12-29(25)44(30)19-24-5-6-24)4-3-22-7-10-27(11-8-22)37(38,39)40/h3-4,7-12,15-18,24,32H,5-6,13-14,19-21,41H2,1-2H3/b4-3+/t32?,36-/m1/s1. The number of hydrogen-bond acceptors (Lipinski definition) is 4. The number of piperidine rings is 1. The third-order valence-electron chi connectivity index (χ3n) is 10.6. The summed E-state index contributed by atoms with van der Waals surface area (Å²) >= 11 is 0. The molecule has 2 N–H and O–H groups in total. The zero-order chi connectivity index (χ0) is 32.7. The third-order valence-corrected chi connectivity index (χ3v) is 10.6. The fraction of sp³-hybridized carbons (Fsp3) is 0.351. The number of benzene rings is 3. The van der Waals surface area contributed by atoms with E-state index in [9.17, 15) is 18.0 Å². The van der Waals surface area contributed by atoms with Crippen LogP contribution < -0.4 is 10.5 Å². The van der Waals surface area contributed by atoms with Crippen molar-refractivity contribution in [3.8, 4) is 17.3 Å². The molecule has 5 aromatic rings. The number of carbonyl (C=O) groups excluding carboxylic acids is 1. The van der Waals surface area contributed by atoms with Crippen molar-refractivity contribution >= 4 is 40.0 Å². The fourth-order valence-corrected chi connectivity index (χ4v) is 7.50. The number of fused-ring (bicyclic) bond motifs is 3. The molecule has 242 valence electrons. The van der Waals surface area contributed by atoms with Gasteiger partial charge in [0.05, 0.1) is 23.9 Å². The highest BCUT2D eigenvalue weighted by Crippen LogP contribution is 2.53. The molecule has 1 aliphatic heterocycles. The highest BCUT2D eigenvalue weighted by Gasteiger charge is 2.59. The Morgan fingerprint density at radius 1 is 1.04 bits per heavy atom. The SMILES string of the molecule is COc1cc(C(=O)N2C[C@]3(CN)CCC23)cc2nc(-c3cc4cc(/C=C/c5ccc(C(F)(F)F)cc5)ccc4n3CC3CC3)n(C)c12. The maximum Gasteiger partial charge on any atom is 0.416 e. The van der Waals surface area contributed by atoms with Crippen LogP contribution in [0.2, 0.25) is 0 Å². The lowest BCUT2D eigenvalue weighted by molar-refractivity contribution is -0.137. The number of ether oxygens (including phenoxy) is 1. The van der Waals surface area contributed by atoms with Gasteiger partial charge < -0.3 is 24.5 Å². The van der Waals surface area contributed by atoms with Gasteiger partial charge in [0.2, 0.25) is 0 Å². The molecule has 2 saturated carbocycles. The van der Waals surface area contributed by atoms with Gasteiger partial charge in [0.15, 0.2) is 5.82 Å². The van der Waals surface area contributed by atoms with Crippen molar-refractivity contribution in [1.82, 2.24) is 19.0 Å². The van der Waals surface area contributed by atoms with Crippen molar-refractivity contribution in [2.24, 2.45) is 24.1 Å². The summed E-state index contributed by atoms with van der Waals surface area (Å²) in [5.74, 6) is 1.99. The molecular formula is C37H36F3N5O2. The lowest BCUT2D eigenvalue weighted by Gasteiger charge is -2.64. The fourth-order valence-electron chi connectivity index (χ4n) is 7.50. The summed E-state index contributed by atoms with van der Waals surface area (Å²) in [6.07, 6.45) is 3.84. The number of hydrogen-bond donors (Lipinski definition) is 1. The minimum Gasteiger partial charge on any atom is -0.494 e. The predicted molar refractivity (Wildman–Crippen MR) is 177 cm³/mol. The lowest BCUT2D eigenvalue weighted by atomic mass is 9.57. The maximum atomic E-state index is 13.6. The predicted octanol–water partition coefficient (Wildman–Crippen LogP) is 7.37. The summed E-state index contributed by atoms with van der Waals surface area (Å²) in [6, 6.07) is 17.5. The van der Waals surface area contributed by atoms with Gasteiger partial charge in [-0.05, 0) is 85.2 Å². The molecule has 1 amide bonds. The smallest absolute Gasteiger partial charge is 0.416 e. The van der Waals surface area contributed by atoms with E-state index >= 15 is 0 Å². The first-order valence-corrected chi connectivity index (χ1v) is 16.1. The minimum atomic E-state index is -4.36. The second-order valence-corrected chi connectivity index (χ2v) is 13.4. The molecule has 3 aliphatic rings. The molecule has 3 heterocycles. The van der Waals surface area contributed by atoms with Crippen molar-refractivity contribution in [2.75, 3.05) is 20.2 Å². The van der Waals surface area contributed by atoms with Gasteiger partial charge in [-0.15, -0.1) is 0 Å². The summed E-state index contributed by atoms with van der Waals surface area (Å²) in [4.78, 5) is 20.7. The van der Waals surface area contributed by atoms with E-state index in [0.29, 0.717) is 41.4 Å². The molecule has 1 unspecified atom stereocenters. The molecule has 1 saturated heterocycles. The monoisotopic (exact) mass is 639 g/mol. The van der Waals surface area contributed by atoms with Crippen LogP contribution in [0.1, 0.15) is 52.7 Å². The van der Waals surface area contributed by atoms with E-state index < -0.39 is 11.7 Å². The van der Waals surface area contributed by atoms with E-state index in [0.717, 1.165) is 65.0 Å². The van der Waals surface area contributed by atoms with Gasteiger partial charge in [-0.3, -0.25) is 4.79 Å². The van der Waals surface area contributed by atoms with Crippen LogP contribution in [0.4, 0.5) is 13.2 Å². The molecule has 8 rings (SSSR count). The molecule has 3 aromatic carbocycles. The van der Waals surface area contributed by atoms with Gasteiger partial charge in [0.25, 0.3) is 5.91 Å². The Labute approximate surface area is 270 Å². The van der Waals surface area contributed by atoms with Crippen LogP contribution in [0.25, 0.3) is 45.6 Å². The van der Waals surface area contributed by atoms with Crippen molar-refractivity contribution in [3.63, 3.8) is 0 Å². The number of alkyl halides is 3. The van der Waals surface area contributed by atoms with Gasteiger partial charge in [-0.25, -0.2) is 4.98 Å². The quantitative estimate of drug-likeness (QED) is 0.180. The topological polar surface area (TPSA) is 78.3 Å². The van der Waals surface area contributed by atoms with Crippen LogP contribution in [0.3, 0.4) is 0 Å². The molecule has 0 bridgehead atoms. The Morgan fingerprint density at radius 2 is 1.79 bits per heavy atom. The molecule has 10 heteroatoms. The van der Waals surface area contributed by atoms with Gasteiger partial charge in [0.1, 0.15) is 11.3 Å². The molecule has 7 nitrogen and oxygen atoms in total. The molecule has 2 aliphatic carbocycles. The first-order valence-electron chi connectivity index (χ1n) is 16.1. The second kappa shape index (κ2) is 10.7. The summed E-state index contributed by atoms with van der Waals surface area (Å²) < 4.78 is 49.1. The number of likely N-dealkylation sites (tertiary alicyclic amines) is 1. The highest BCUT2D eigenvalue weighted by molar-refractivity contribution is 6.01. The molecular weight excluding hydrogens is 603 g/mol. The average molecular weight is 640 g/mol. The normalized spacial score (nSPS) is 20.9. The van der Waals surface area contributed by atoms with E-state index in [-0.39, 0.29) is 17.4 Å². The Bertz CT molecular complexity index is 2070. The number of aryl methyl sites for hydroxylation is 1. The minimum absolute atomic E-state index is 0.00842. The molecule has 2 atom stereocenters. The van der Waals surface area contributed by atoms with E-state index in [4.69, 9.17) is 15.5 Å². The first kappa shape index (κ1) is 29.8.